The number of carbonyl (C=O) groups excluding carboxylic acids is 1. The van der Waals surface area contributed by atoms with Crippen molar-refractivity contribution in [2.24, 2.45) is 5.10 Å². The number of amides is 1. The Hall–Kier alpha value is -2.05. The molecule has 25 heavy (non-hydrogen) atoms. The van der Waals surface area contributed by atoms with Gasteiger partial charge in [0.05, 0.1) is 12.8 Å². The molecule has 0 bridgehead atoms. The Balaban J connectivity index is 1.89. The number of nitrogens with one attached hydrogen (secondary N) is 2. The minimum atomic E-state index is -0.254. The zero-order chi connectivity index (χ0) is 18.1. The van der Waals surface area contributed by atoms with E-state index in [1.54, 1.807) is 6.07 Å². The molecular weight excluding hydrogens is 497 g/mol. The summed E-state index contributed by atoms with van der Waals surface area (Å²) in [4.78, 5) is 11.8. The Morgan fingerprint density at radius 3 is 2.80 bits per heavy atom. The third kappa shape index (κ3) is 6.76. The summed E-state index contributed by atoms with van der Waals surface area (Å²) >= 11 is 5.61. The predicted molar refractivity (Wildman–Crippen MR) is 112 cm³/mol. The summed E-state index contributed by atoms with van der Waals surface area (Å²) in [6.07, 6.45) is 6.72. The number of rotatable bonds is 7. The zero-order valence-electron chi connectivity index (χ0n) is 13.1. The Morgan fingerprint density at radius 2 is 2.08 bits per heavy atom. The maximum atomic E-state index is 11.8. The van der Waals surface area contributed by atoms with E-state index in [4.69, 9.17) is 11.2 Å². The van der Waals surface area contributed by atoms with E-state index in [9.17, 15) is 4.79 Å². The number of halogens is 2. The van der Waals surface area contributed by atoms with Gasteiger partial charge >= 0.3 is 0 Å². The van der Waals surface area contributed by atoms with Crippen molar-refractivity contribution in [3.05, 3.63) is 56.1 Å². The van der Waals surface area contributed by atoms with Crippen LogP contribution in [0.4, 0.5) is 5.69 Å². The Morgan fingerprint density at radius 1 is 1.32 bits per heavy atom. The SMILES string of the molecule is C#CCOc1ccc(Br)cc1/C=N\NC(=O)CNc1ccc(I)cc1. The number of hydrogen-bond donors (Lipinski definition) is 2. The van der Waals surface area contributed by atoms with E-state index >= 15 is 0 Å². The van der Waals surface area contributed by atoms with Gasteiger partial charge in [0.15, 0.2) is 0 Å². The number of hydrogen-bond acceptors (Lipinski definition) is 4. The topological polar surface area (TPSA) is 62.7 Å². The minimum Gasteiger partial charge on any atom is -0.480 e. The van der Waals surface area contributed by atoms with Gasteiger partial charge in [0, 0.05) is 19.3 Å². The van der Waals surface area contributed by atoms with Gasteiger partial charge in [0.1, 0.15) is 12.4 Å². The molecule has 1 amide bonds. The lowest BCUT2D eigenvalue weighted by Crippen LogP contribution is -2.25. The van der Waals surface area contributed by atoms with Crippen molar-refractivity contribution in [3.8, 4) is 18.1 Å². The molecule has 0 heterocycles. The molecule has 5 nitrogen and oxygen atoms in total. The van der Waals surface area contributed by atoms with Crippen LogP contribution in [-0.4, -0.2) is 25.3 Å². The van der Waals surface area contributed by atoms with Gasteiger partial charge in [-0.25, -0.2) is 5.43 Å². The van der Waals surface area contributed by atoms with Crippen molar-refractivity contribution in [1.29, 1.82) is 0 Å². The van der Waals surface area contributed by atoms with E-state index < -0.39 is 0 Å². The van der Waals surface area contributed by atoms with E-state index in [1.165, 1.54) is 6.21 Å². The third-order valence-electron chi connectivity index (χ3n) is 2.97. The second kappa shape index (κ2) is 10.1. The lowest BCUT2D eigenvalue weighted by atomic mass is 10.2. The van der Waals surface area contributed by atoms with Gasteiger partial charge in [-0.2, -0.15) is 5.10 Å². The smallest absolute Gasteiger partial charge is 0.259 e. The maximum absolute atomic E-state index is 11.8. The number of nitrogens with zero attached hydrogens (tertiary/aromatic N) is 1. The lowest BCUT2D eigenvalue weighted by Gasteiger charge is -2.07. The van der Waals surface area contributed by atoms with Gasteiger partial charge in [0.2, 0.25) is 0 Å². The molecule has 0 radical (unpaired) electrons. The molecule has 0 aromatic heterocycles. The largest absolute Gasteiger partial charge is 0.480 e. The van der Waals surface area contributed by atoms with Gasteiger partial charge in [-0.15, -0.1) is 6.42 Å². The molecule has 0 fully saturated rings. The summed E-state index contributed by atoms with van der Waals surface area (Å²) < 4.78 is 7.44. The average molecular weight is 512 g/mol. The molecule has 7 heteroatoms. The first-order chi connectivity index (χ1) is 12.1. The first kappa shape index (κ1) is 19.3. The highest BCUT2D eigenvalue weighted by molar-refractivity contribution is 14.1. The molecule has 0 atom stereocenters. The monoisotopic (exact) mass is 511 g/mol. The van der Waals surface area contributed by atoms with Gasteiger partial charge in [-0.05, 0) is 65.1 Å². The van der Waals surface area contributed by atoms with Crippen molar-refractivity contribution >= 4 is 56.3 Å². The van der Waals surface area contributed by atoms with Crippen molar-refractivity contribution in [3.63, 3.8) is 0 Å². The second-order valence-electron chi connectivity index (χ2n) is 4.83. The molecule has 0 aliphatic rings. The van der Waals surface area contributed by atoms with Gasteiger partial charge in [-0.3, -0.25) is 4.79 Å². The van der Waals surface area contributed by atoms with Crippen LogP contribution in [0.1, 0.15) is 5.56 Å². The van der Waals surface area contributed by atoms with Gasteiger partial charge < -0.3 is 10.1 Å². The first-order valence-electron chi connectivity index (χ1n) is 7.25. The number of carbonyl (C=O) groups is 1. The maximum Gasteiger partial charge on any atom is 0.259 e. The van der Waals surface area contributed by atoms with Gasteiger partial charge in [0.25, 0.3) is 5.91 Å². The Labute approximate surface area is 168 Å². The van der Waals surface area contributed by atoms with Crippen LogP contribution in [0.25, 0.3) is 0 Å². The number of anilines is 1. The highest BCUT2D eigenvalue weighted by Gasteiger charge is 2.03. The Bertz CT molecular complexity index is 801. The quantitative estimate of drug-likeness (QED) is 0.258. The van der Waals surface area contributed by atoms with E-state index in [1.807, 2.05) is 36.4 Å². The van der Waals surface area contributed by atoms with E-state index in [2.05, 4.69) is 60.3 Å². The molecule has 0 unspecified atom stereocenters. The normalized spacial score (nSPS) is 10.3. The fraction of sp³-hybridized carbons (Fsp3) is 0.111. The summed E-state index contributed by atoms with van der Waals surface area (Å²) in [6.45, 7) is 0.283. The zero-order valence-corrected chi connectivity index (χ0v) is 16.9. The number of ether oxygens (including phenoxy) is 1. The molecule has 2 aromatic carbocycles. The van der Waals surface area contributed by atoms with Crippen LogP contribution in [-0.2, 0) is 4.79 Å². The van der Waals surface area contributed by atoms with Crippen LogP contribution in [0.2, 0.25) is 0 Å². The van der Waals surface area contributed by atoms with Crippen LogP contribution < -0.4 is 15.5 Å². The van der Waals surface area contributed by atoms with E-state index in [-0.39, 0.29) is 19.1 Å². The second-order valence-corrected chi connectivity index (χ2v) is 6.99. The summed E-state index contributed by atoms with van der Waals surface area (Å²) in [5.41, 5.74) is 4.05. The van der Waals surface area contributed by atoms with Crippen LogP contribution in [0.5, 0.6) is 5.75 Å². The summed E-state index contributed by atoms with van der Waals surface area (Å²) in [6, 6.07) is 13.2. The lowest BCUT2D eigenvalue weighted by molar-refractivity contribution is -0.119. The standard InChI is InChI=1S/C18H15BrIN3O2/c1-2-9-25-17-8-3-14(19)10-13(17)11-22-23-18(24)12-21-16-6-4-15(20)5-7-16/h1,3-8,10-11,21H,9,12H2,(H,23,24)/b22-11-. The Kier molecular flexibility index (Phi) is 7.76. The van der Waals surface area contributed by atoms with E-state index in [0.29, 0.717) is 11.3 Å². The molecule has 2 rings (SSSR count). The molecule has 2 N–H and O–H groups in total. The summed E-state index contributed by atoms with van der Waals surface area (Å²) in [5, 5.41) is 6.98. The third-order valence-corrected chi connectivity index (χ3v) is 4.19. The van der Waals surface area contributed by atoms with Gasteiger partial charge in [-0.1, -0.05) is 21.9 Å². The summed E-state index contributed by atoms with van der Waals surface area (Å²) in [5.74, 6) is 2.75. The van der Waals surface area contributed by atoms with Crippen molar-refractivity contribution in [2.75, 3.05) is 18.5 Å². The number of hydrazone groups is 1. The minimum absolute atomic E-state index is 0.122. The highest BCUT2D eigenvalue weighted by Crippen LogP contribution is 2.21. The van der Waals surface area contributed by atoms with E-state index in [0.717, 1.165) is 13.7 Å². The van der Waals surface area contributed by atoms with Crippen molar-refractivity contribution in [1.82, 2.24) is 5.43 Å². The molecule has 0 spiro atoms. The van der Waals surface area contributed by atoms with Crippen LogP contribution in [0.15, 0.2) is 52.0 Å². The van der Waals surface area contributed by atoms with Crippen LogP contribution >= 0.6 is 38.5 Å². The molecule has 2 aromatic rings. The molecule has 0 aliphatic carbocycles. The van der Waals surface area contributed by atoms with Crippen LogP contribution in [0.3, 0.4) is 0 Å². The van der Waals surface area contributed by atoms with Crippen LogP contribution in [0, 0.1) is 15.9 Å². The predicted octanol–water partition coefficient (Wildman–Crippen LogP) is 3.63. The summed E-state index contributed by atoms with van der Waals surface area (Å²) in [7, 11) is 0. The molecule has 0 saturated heterocycles. The molecule has 0 aliphatic heterocycles. The molecular formula is C18H15BrIN3O2. The molecule has 128 valence electrons. The fourth-order valence-electron chi connectivity index (χ4n) is 1.83. The van der Waals surface area contributed by atoms with Crippen molar-refractivity contribution < 1.29 is 9.53 Å². The molecule has 0 saturated carbocycles. The fourth-order valence-corrected chi connectivity index (χ4v) is 2.57. The van der Waals surface area contributed by atoms with Crippen molar-refractivity contribution in [2.45, 2.75) is 0 Å². The first-order valence-corrected chi connectivity index (χ1v) is 9.13. The number of benzene rings is 2. The number of terminal acetylenes is 1. The highest BCUT2D eigenvalue weighted by atomic mass is 127. The average Bonchev–Trinajstić information content (AvgIpc) is 2.60.